The molecule has 1 saturated carbocycles. The highest BCUT2D eigenvalue weighted by molar-refractivity contribution is 5.43. The van der Waals surface area contributed by atoms with Gasteiger partial charge in [-0.1, -0.05) is 19.9 Å². The van der Waals surface area contributed by atoms with Gasteiger partial charge in [-0.05, 0) is 37.5 Å². The third-order valence-electron chi connectivity index (χ3n) is 4.65. The quantitative estimate of drug-likeness (QED) is 0.886. The minimum atomic E-state index is -0.246. The van der Waals surface area contributed by atoms with Gasteiger partial charge in [0.25, 0.3) is 0 Å². The van der Waals surface area contributed by atoms with Crippen molar-refractivity contribution in [2.24, 2.45) is 5.41 Å². The molecule has 1 aromatic rings. The van der Waals surface area contributed by atoms with E-state index < -0.39 is 0 Å². The maximum Gasteiger partial charge on any atom is 0.161 e. The van der Waals surface area contributed by atoms with Gasteiger partial charge in [-0.3, -0.25) is 0 Å². The average molecular weight is 264 g/mol. The molecule has 0 bridgehead atoms. The van der Waals surface area contributed by atoms with Crippen molar-refractivity contribution in [3.63, 3.8) is 0 Å². The average Bonchev–Trinajstić information content (AvgIpc) is 2.41. The Bertz CT molecular complexity index is 438. The SMILES string of the molecule is CCC1(CC)C(O)CC1Oc1ccc(C)cc1OC. The Morgan fingerprint density at radius 3 is 2.47 bits per heavy atom. The van der Waals surface area contributed by atoms with E-state index in [2.05, 4.69) is 13.8 Å². The van der Waals surface area contributed by atoms with Crippen LogP contribution in [0.1, 0.15) is 38.7 Å². The first kappa shape index (κ1) is 14.2. The van der Waals surface area contributed by atoms with Crippen LogP contribution in [0.15, 0.2) is 18.2 Å². The predicted octanol–water partition coefficient (Wildman–Crippen LogP) is 3.32. The topological polar surface area (TPSA) is 38.7 Å². The number of rotatable bonds is 5. The van der Waals surface area contributed by atoms with Gasteiger partial charge < -0.3 is 14.6 Å². The number of hydrogen-bond donors (Lipinski definition) is 1. The highest BCUT2D eigenvalue weighted by Gasteiger charge is 2.53. The summed E-state index contributed by atoms with van der Waals surface area (Å²) >= 11 is 0. The summed E-state index contributed by atoms with van der Waals surface area (Å²) in [5.41, 5.74) is 1.05. The second kappa shape index (κ2) is 5.41. The summed E-state index contributed by atoms with van der Waals surface area (Å²) in [6.07, 6.45) is 2.41. The maximum atomic E-state index is 10.1. The highest BCUT2D eigenvalue weighted by atomic mass is 16.5. The lowest BCUT2D eigenvalue weighted by atomic mass is 9.60. The molecular weight excluding hydrogens is 240 g/mol. The van der Waals surface area contributed by atoms with Crippen LogP contribution >= 0.6 is 0 Å². The Kier molecular flexibility index (Phi) is 4.04. The van der Waals surface area contributed by atoms with Gasteiger partial charge in [0, 0.05) is 11.8 Å². The van der Waals surface area contributed by atoms with E-state index in [1.807, 2.05) is 25.1 Å². The van der Waals surface area contributed by atoms with Crippen molar-refractivity contribution >= 4 is 0 Å². The fraction of sp³-hybridized carbons (Fsp3) is 0.625. The summed E-state index contributed by atoms with van der Waals surface area (Å²) in [4.78, 5) is 0. The first-order valence-electron chi connectivity index (χ1n) is 7.06. The van der Waals surface area contributed by atoms with Crippen molar-refractivity contribution < 1.29 is 14.6 Å². The van der Waals surface area contributed by atoms with Gasteiger partial charge >= 0.3 is 0 Å². The molecule has 3 heteroatoms. The van der Waals surface area contributed by atoms with E-state index in [4.69, 9.17) is 9.47 Å². The molecule has 1 aromatic carbocycles. The summed E-state index contributed by atoms with van der Waals surface area (Å²) in [7, 11) is 1.66. The van der Waals surface area contributed by atoms with Crippen LogP contribution < -0.4 is 9.47 Å². The molecule has 0 amide bonds. The first-order chi connectivity index (χ1) is 9.07. The van der Waals surface area contributed by atoms with Crippen LogP contribution in [0.5, 0.6) is 11.5 Å². The van der Waals surface area contributed by atoms with E-state index in [0.717, 1.165) is 29.9 Å². The van der Waals surface area contributed by atoms with Crippen LogP contribution in [0.25, 0.3) is 0 Å². The maximum absolute atomic E-state index is 10.1. The summed E-state index contributed by atoms with van der Waals surface area (Å²) in [5.74, 6) is 1.54. The van der Waals surface area contributed by atoms with Gasteiger partial charge in [0.1, 0.15) is 6.10 Å². The molecule has 1 aliphatic rings. The lowest BCUT2D eigenvalue weighted by molar-refractivity contribution is -0.160. The molecule has 106 valence electrons. The van der Waals surface area contributed by atoms with Gasteiger partial charge in [-0.15, -0.1) is 0 Å². The van der Waals surface area contributed by atoms with Gasteiger partial charge in [0.2, 0.25) is 0 Å². The summed E-state index contributed by atoms with van der Waals surface area (Å²) in [5, 5.41) is 10.1. The monoisotopic (exact) mass is 264 g/mol. The zero-order chi connectivity index (χ0) is 14.0. The fourth-order valence-electron chi connectivity index (χ4n) is 3.09. The number of benzene rings is 1. The highest BCUT2D eigenvalue weighted by Crippen LogP contribution is 2.49. The molecule has 2 rings (SSSR count). The van der Waals surface area contributed by atoms with Crippen LogP contribution in [-0.2, 0) is 0 Å². The molecule has 1 fully saturated rings. The summed E-state index contributed by atoms with van der Waals surface area (Å²) in [6, 6.07) is 5.95. The van der Waals surface area contributed by atoms with Crippen molar-refractivity contribution in [3.05, 3.63) is 23.8 Å². The Morgan fingerprint density at radius 2 is 1.95 bits per heavy atom. The fourth-order valence-corrected chi connectivity index (χ4v) is 3.09. The van der Waals surface area contributed by atoms with E-state index >= 15 is 0 Å². The summed E-state index contributed by atoms with van der Waals surface area (Å²) < 4.78 is 11.5. The van der Waals surface area contributed by atoms with Gasteiger partial charge in [-0.2, -0.15) is 0 Å². The smallest absolute Gasteiger partial charge is 0.161 e. The van der Waals surface area contributed by atoms with E-state index in [0.29, 0.717) is 6.42 Å². The van der Waals surface area contributed by atoms with Crippen LogP contribution in [0.4, 0.5) is 0 Å². The lowest BCUT2D eigenvalue weighted by Crippen LogP contribution is -2.59. The molecule has 0 aliphatic heterocycles. The minimum absolute atomic E-state index is 0.0779. The Morgan fingerprint density at radius 1 is 1.26 bits per heavy atom. The zero-order valence-electron chi connectivity index (χ0n) is 12.3. The number of hydrogen-bond acceptors (Lipinski definition) is 3. The van der Waals surface area contributed by atoms with Crippen LogP contribution in [-0.4, -0.2) is 24.4 Å². The van der Waals surface area contributed by atoms with E-state index in [1.54, 1.807) is 7.11 Å². The van der Waals surface area contributed by atoms with E-state index in [-0.39, 0.29) is 17.6 Å². The molecule has 19 heavy (non-hydrogen) atoms. The number of aryl methyl sites for hydroxylation is 1. The minimum Gasteiger partial charge on any atom is -0.493 e. The molecule has 0 radical (unpaired) electrons. The number of aliphatic hydroxyl groups is 1. The summed E-state index contributed by atoms with van der Waals surface area (Å²) in [6.45, 7) is 6.27. The molecule has 0 spiro atoms. The van der Waals surface area contributed by atoms with Crippen molar-refractivity contribution in [1.82, 2.24) is 0 Å². The van der Waals surface area contributed by atoms with Crippen molar-refractivity contribution in [2.75, 3.05) is 7.11 Å². The van der Waals surface area contributed by atoms with E-state index in [1.165, 1.54) is 0 Å². The third kappa shape index (κ3) is 2.32. The number of aliphatic hydroxyl groups excluding tert-OH is 1. The predicted molar refractivity (Wildman–Crippen MR) is 75.8 cm³/mol. The van der Waals surface area contributed by atoms with Crippen molar-refractivity contribution in [1.29, 1.82) is 0 Å². The van der Waals surface area contributed by atoms with Crippen molar-refractivity contribution in [3.8, 4) is 11.5 Å². The van der Waals surface area contributed by atoms with Crippen LogP contribution in [0.2, 0.25) is 0 Å². The van der Waals surface area contributed by atoms with E-state index in [9.17, 15) is 5.11 Å². The Balaban J connectivity index is 2.18. The van der Waals surface area contributed by atoms with Crippen molar-refractivity contribution in [2.45, 2.75) is 52.2 Å². The van der Waals surface area contributed by atoms with Gasteiger partial charge in [0.05, 0.1) is 13.2 Å². The normalized spacial score (nSPS) is 24.7. The zero-order valence-corrected chi connectivity index (χ0v) is 12.3. The van der Waals surface area contributed by atoms with Crippen LogP contribution in [0, 0.1) is 12.3 Å². The molecule has 2 unspecified atom stereocenters. The third-order valence-corrected chi connectivity index (χ3v) is 4.65. The molecular formula is C16H24O3. The standard InChI is InChI=1S/C16H24O3/c1-5-16(6-2)14(17)10-15(16)19-12-8-7-11(3)9-13(12)18-4/h7-9,14-15,17H,5-6,10H2,1-4H3. The molecule has 0 heterocycles. The molecule has 3 nitrogen and oxygen atoms in total. The second-order valence-corrected chi connectivity index (χ2v) is 5.45. The van der Waals surface area contributed by atoms with Gasteiger partial charge in [-0.25, -0.2) is 0 Å². The second-order valence-electron chi connectivity index (χ2n) is 5.45. The molecule has 1 N–H and O–H groups in total. The lowest BCUT2D eigenvalue weighted by Gasteiger charge is -2.52. The molecule has 0 saturated heterocycles. The molecule has 2 atom stereocenters. The molecule has 1 aliphatic carbocycles. The number of ether oxygens (including phenoxy) is 2. The molecule has 0 aromatic heterocycles. The Labute approximate surface area is 115 Å². The first-order valence-corrected chi connectivity index (χ1v) is 7.06. The van der Waals surface area contributed by atoms with Crippen LogP contribution in [0.3, 0.4) is 0 Å². The van der Waals surface area contributed by atoms with Gasteiger partial charge in [0.15, 0.2) is 11.5 Å². The largest absolute Gasteiger partial charge is 0.493 e. The number of methoxy groups -OCH3 is 1. The Hall–Kier alpha value is -1.22.